The zero-order valence-corrected chi connectivity index (χ0v) is 12.4. The van der Waals surface area contributed by atoms with Crippen LogP contribution in [-0.2, 0) is 21.9 Å². The Morgan fingerprint density at radius 2 is 2.35 bits per heavy atom. The predicted molar refractivity (Wildman–Crippen MR) is 78.1 cm³/mol. The first-order chi connectivity index (χ1) is 9.58. The molecule has 0 amide bonds. The van der Waals surface area contributed by atoms with E-state index < -0.39 is 12.0 Å². The lowest BCUT2D eigenvalue weighted by atomic mass is 10.1. The Balaban J connectivity index is 1.92. The number of aliphatic carboxylic acids is 1. The van der Waals surface area contributed by atoms with E-state index in [2.05, 4.69) is 0 Å². The van der Waals surface area contributed by atoms with Crippen LogP contribution >= 0.6 is 23.4 Å². The highest BCUT2D eigenvalue weighted by Gasteiger charge is 2.17. The number of carbonyl (C=O) groups is 1. The van der Waals surface area contributed by atoms with Gasteiger partial charge in [-0.1, -0.05) is 11.6 Å². The van der Waals surface area contributed by atoms with Crippen molar-refractivity contribution in [1.29, 1.82) is 0 Å². The van der Waals surface area contributed by atoms with E-state index in [0.29, 0.717) is 29.6 Å². The topological polar surface area (TPSA) is 81.8 Å². The smallest absolute Gasteiger partial charge is 0.320 e. The van der Waals surface area contributed by atoms with Crippen LogP contribution in [0.15, 0.2) is 12.1 Å². The largest absolute Gasteiger partial charge is 0.480 e. The van der Waals surface area contributed by atoms with Crippen LogP contribution in [0.5, 0.6) is 5.75 Å². The van der Waals surface area contributed by atoms with Crippen LogP contribution in [-0.4, -0.2) is 29.7 Å². The van der Waals surface area contributed by atoms with Crippen LogP contribution in [0, 0.1) is 0 Å². The minimum absolute atomic E-state index is 0.246. The molecule has 20 heavy (non-hydrogen) atoms. The van der Waals surface area contributed by atoms with Crippen molar-refractivity contribution in [2.45, 2.75) is 24.8 Å². The normalized spacial score (nSPS) is 15.3. The molecule has 7 heteroatoms. The average molecular weight is 318 g/mol. The molecule has 110 valence electrons. The third-order valence-electron chi connectivity index (χ3n) is 2.90. The Hall–Kier alpha value is -0.950. The molecule has 0 spiro atoms. The van der Waals surface area contributed by atoms with Gasteiger partial charge in [-0.15, -0.1) is 0 Å². The van der Waals surface area contributed by atoms with Gasteiger partial charge in [-0.05, 0) is 24.3 Å². The van der Waals surface area contributed by atoms with E-state index in [1.54, 1.807) is 11.8 Å². The van der Waals surface area contributed by atoms with Gasteiger partial charge < -0.3 is 20.3 Å². The van der Waals surface area contributed by atoms with Gasteiger partial charge in [-0.2, -0.15) is 11.8 Å². The third-order valence-corrected chi connectivity index (χ3v) is 4.16. The van der Waals surface area contributed by atoms with E-state index in [4.69, 9.17) is 31.9 Å². The van der Waals surface area contributed by atoms with Gasteiger partial charge in [0.1, 0.15) is 11.8 Å². The van der Waals surface area contributed by atoms with Crippen molar-refractivity contribution in [2.24, 2.45) is 5.73 Å². The van der Waals surface area contributed by atoms with Gasteiger partial charge in [0, 0.05) is 21.9 Å². The molecular weight excluding hydrogens is 302 g/mol. The minimum atomic E-state index is -0.966. The van der Waals surface area contributed by atoms with Crippen LogP contribution < -0.4 is 10.5 Å². The molecule has 1 aromatic carbocycles. The number of hydrogen-bond donors (Lipinski definition) is 2. The van der Waals surface area contributed by atoms with E-state index >= 15 is 0 Å². The molecule has 1 aliphatic rings. The van der Waals surface area contributed by atoms with E-state index in [1.807, 2.05) is 12.1 Å². The molecule has 2 rings (SSSR count). The fourth-order valence-corrected chi connectivity index (χ4v) is 3.14. The lowest BCUT2D eigenvalue weighted by molar-refractivity contribution is -0.138. The van der Waals surface area contributed by atoms with Crippen molar-refractivity contribution < 1.29 is 19.4 Å². The molecule has 1 heterocycles. The monoisotopic (exact) mass is 317 g/mol. The van der Waals surface area contributed by atoms with E-state index in [-0.39, 0.29) is 6.79 Å². The van der Waals surface area contributed by atoms with Crippen LogP contribution in [0.1, 0.15) is 17.5 Å². The van der Waals surface area contributed by atoms with Gasteiger partial charge in [0.2, 0.25) is 0 Å². The number of carboxylic acids is 1. The summed E-state index contributed by atoms with van der Waals surface area (Å²) < 4.78 is 10.7. The number of ether oxygens (including phenoxy) is 2. The zero-order chi connectivity index (χ0) is 14.5. The minimum Gasteiger partial charge on any atom is -0.480 e. The number of nitrogens with two attached hydrogens (primary N) is 1. The maximum atomic E-state index is 10.6. The predicted octanol–water partition coefficient (Wildman–Crippen LogP) is 2.24. The Kier molecular flexibility index (Phi) is 5.54. The van der Waals surface area contributed by atoms with Crippen LogP contribution in [0.2, 0.25) is 5.02 Å². The van der Waals surface area contributed by atoms with Gasteiger partial charge in [0.05, 0.1) is 6.61 Å². The summed E-state index contributed by atoms with van der Waals surface area (Å²) in [5.74, 6) is 1.24. The van der Waals surface area contributed by atoms with Crippen LogP contribution in [0.3, 0.4) is 0 Å². The Morgan fingerprint density at radius 3 is 3.10 bits per heavy atom. The molecule has 1 aromatic rings. The molecule has 0 saturated heterocycles. The molecule has 0 aliphatic carbocycles. The van der Waals surface area contributed by atoms with Crippen LogP contribution in [0.25, 0.3) is 0 Å². The fraction of sp³-hybridized carbons (Fsp3) is 0.462. The van der Waals surface area contributed by atoms with Crippen molar-refractivity contribution >= 4 is 29.3 Å². The van der Waals surface area contributed by atoms with Gasteiger partial charge in [-0.3, -0.25) is 4.79 Å². The molecule has 0 saturated carbocycles. The molecule has 0 bridgehead atoms. The number of thioether (sulfide) groups is 1. The molecule has 0 fully saturated rings. The molecule has 3 N–H and O–H groups in total. The maximum absolute atomic E-state index is 10.6. The Labute approximate surface area is 126 Å². The zero-order valence-electron chi connectivity index (χ0n) is 10.8. The highest BCUT2D eigenvalue weighted by Crippen LogP contribution is 2.33. The molecule has 5 nitrogen and oxygen atoms in total. The standard InChI is InChI=1S/C13H16ClNO4S/c14-10-3-8-5-18-7-19-12(8)9(4-10)6-20-2-1-11(15)13(16)17/h3-4,11H,1-2,5-7,15H2,(H,16,17). The summed E-state index contributed by atoms with van der Waals surface area (Å²) in [5, 5.41) is 9.36. The first-order valence-electron chi connectivity index (χ1n) is 6.16. The second kappa shape index (κ2) is 7.17. The second-order valence-electron chi connectivity index (χ2n) is 4.45. The Bertz CT molecular complexity index is 498. The van der Waals surface area contributed by atoms with Crippen molar-refractivity contribution in [3.63, 3.8) is 0 Å². The lowest BCUT2D eigenvalue weighted by Gasteiger charge is -2.21. The third kappa shape index (κ3) is 4.02. The van der Waals surface area contributed by atoms with Crippen LogP contribution in [0.4, 0.5) is 0 Å². The lowest BCUT2D eigenvalue weighted by Crippen LogP contribution is -2.30. The Morgan fingerprint density at radius 1 is 1.55 bits per heavy atom. The summed E-state index contributed by atoms with van der Waals surface area (Å²) in [4.78, 5) is 10.6. The number of benzene rings is 1. The SMILES string of the molecule is NC(CCSCc1cc(Cl)cc2c1OCOC2)C(=O)O. The van der Waals surface area contributed by atoms with Gasteiger partial charge in [-0.25, -0.2) is 0 Å². The fourth-order valence-electron chi connectivity index (χ4n) is 1.88. The average Bonchev–Trinajstić information content (AvgIpc) is 2.42. The first kappa shape index (κ1) is 15.4. The molecule has 1 atom stereocenters. The van der Waals surface area contributed by atoms with Crippen molar-refractivity contribution in [2.75, 3.05) is 12.5 Å². The number of rotatable bonds is 6. The number of fused-ring (bicyclic) bond motifs is 1. The number of halogens is 1. The van der Waals surface area contributed by atoms with Crippen molar-refractivity contribution in [3.8, 4) is 5.75 Å². The maximum Gasteiger partial charge on any atom is 0.320 e. The summed E-state index contributed by atoms with van der Waals surface area (Å²) in [6, 6.07) is 2.90. The first-order valence-corrected chi connectivity index (χ1v) is 7.69. The van der Waals surface area contributed by atoms with Crippen molar-refractivity contribution in [3.05, 3.63) is 28.3 Å². The van der Waals surface area contributed by atoms with E-state index in [0.717, 1.165) is 16.9 Å². The second-order valence-corrected chi connectivity index (χ2v) is 5.99. The summed E-state index contributed by atoms with van der Waals surface area (Å²) in [6.45, 7) is 0.744. The van der Waals surface area contributed by atoms with Crippen molar-refractivity contribution in [1.82, 2.24) is 0 Å². The van der Waals surface area contributed by atoms with Gasteiger partial charge in [0.15, 0.2) is 6.79 Å². The number of hydrogen-bond acceptors (Lipinski definition) is 5. The summed E-state index contributed by atoms with van der Waals surface area (Å²) in [6.07, 6.45) is 0.437. The molecule has 0 radical (unpaired) electrons. The summed E-state index contributed by atoms with van der Waals surface area (Å²) in [7, 11) is 0. The highest BCUT2D eigenvalue weighted by atomic mass is 35.5. The quantitative estimate of drug-likeness (QED) is 0.783. The highest BCUT2D eigenvalue weighted by molar-refractivity contribution is 7.98. The molecule has 0 aromatic heterocycles. The summed E-state index contributed by atoms with van der Waals surface area (Å²) >= 11 is 7.68. The summed E-state index contributed by atoms with van der Waals surface area (Å²) in [5.41, 5.74) is 7.41. The van der Waals surface area contributed by atoms with E-state index in [9.17, 15) is 4.79 Å². The van der Waals surface area contributed by atoms with Gasteiger partial charge >= 0.3 is 5.97 Å². The molecule has 1 aliphatic heterocycles. The number of carboxylic acid groups (broad SMARTS) is 1. The molecule has 1 unspecified atom stereocenters. The van der Waals surface area contributed by atoms with Gasteiger partial charge in [0.25, 0.3) is 0 Å². The molecular formula is C13H16ClNO4S. The van der Waals surface area contributed by atoms with E-state index in [1.165, 1.54) is 0 Å².